The Hall–Kier alpha value is -2.17. The quantitative estimate of drug-likeness (QED) is 0.304. The van der Waals surface area contributed by atoms with Crippen LogP contribution >= 0.6 is 39.0 Å². The standard InChI is InChI=1S/C21H23BrN4O3S2/c1-4-15-11-16(20(28)29-6-3)19(31-15)23-17(27)12-30-21-25-24-18(26(21)5-2)13-7-9-14(22)10-8-13/h7-11H,4-6,12H2,1-3H3,(H,23,27). The highest BCUT2D eigenvalue weighted by Crippen LogP contribution is 2.30. The zero-order valence-electron chi connectivity index (χ0n) is 17.5. The molecule has 0 atom stereocenters. The third-order valence-electron chi connectivity index (χ3n) is 4.35. The van der Waals surface area contributed by atoms with E-state index in [0.29, 0.717) is 22.3 Å². The van der Waals surface area contributed by atoms with Crippen LogP contribution < -0.4 is 5.32 Å². The van der Waals surface area contributed by atoms with Crippen LogP contribution in [0.4, 0.5) is 5.00 Å². The first kappa shape index (κ1) is 23.5. The van der Waals surface area contributed by atoms with E-state index in [1.807, 2.05) is 42.7 Å². The van der Waals surface area contributed by atoms with E-state index in [0.717, 1.165) is 27.2 Å². The van der Waals surface area contributed by atoms with Crippen molar-refractivity contribution in [2.24, 2.45) is 0 Å². The summed E-state index contributed by atoms with van der Waals surface area (Å²) in [5.74, 6) is 0.274. The SMILES string of the molecule is CCOC(=O)c1cc(CC)sc1NC(=O)CSc1nnc(-c2ccc(Br)cc2)n1CC. The Morgan fingerprint density at radius 3 is 2.58 bits per heavy atom. The summed E-state index contributed by atoms with van der Waals surface area (Å²) in [7, 11) is 0. The number of esters is 1. The molecule has 0 aliphatic heterocycles. The van der Waals surface area contributed by atoms with Crippen molar-refractivity contribution in [2.75, 3.05) is 17.7 Å². The van der Waals surface area contributed by atoms with Crippen molar-refractivity contribution >= 4 is 55.9 Å². The van der Waals surface area contributed by atoms with Crippen LogP contribution in [0.5, 0.6) is 0 Å². The molecule has 1 N–H and O–H groups in total. The van der Waals surface area contributed by atoms with Gasteiger partial charge in [-0.2, -0.15) is 0 Å². The van der Waals surface area contributed by atoms with E-state index in [4.69, 9.17) is 4.74 Å². The molecule has 31 heavy (non-hydrogen) atoms. The predicted octanol–water partition coefficient (Wildman–Crippen LogP) is 5.26. The van der Waals surface area contributed by atoms with Crippen LogP contribution in [0, 0.1) is 0 Å². The highest BCUT2D eigenvalue weighted by molar-refractivity contribution is 9.10. The van der Waals surface area contributed by atoms with Gasteiger partial charge in [0.2, 0.25) is 5.91 Å². The number of rotatable bonds is 9. The first-order valence-electron chi connectivity index (χ1n) is 9.88. The van der Waals surface area contributed by atoms with Gasteiger partial charge in [0.15, 0.2) is 11.0 Å². The van der Waals surface area contributed by atoms with Gasteiger partial charge in [-0.3, -0.25) is 4.79 Å². The summed E-state index contributed by atoms with van der Waals surface area (Å²) < 4.78 is 8.08. The van der Waals surface area contributed by atoms with Crippen LogP contribution in [-0.2, 0) is 22.5 Å². The van der Waals surface area contributed by atoms with Crippen LogP contribution in [0.1, 0.15) is 36.0 Å². The molecule has 7 nitrogen and oxygen atoms in total. The van der Waals surface area contributed by atoms with Crippen LogP contribution in [-0.4, -0.2) is 39.0 Å². The van der Waals surface area contributed by atoms with Gasteiger partial charge in [-0.15, -0.1) is 21.5 Å². The Balaban J connectivity index is 1.70. The van der Waals surface area contributed by atoms with Crippen molar-refractivity contribution < 1.29 is 14.3 Å². The van der Waals surface area contributed by atoms with Gasteiger partial charge in [0.1, 0.15) is 5.00 Å². The lowest BCUT2D eigenvalue weighted by molar-refractivity contribution is -0.113. The molecule has 3 aromatic rings. The maximum atomic E-state index is 12.6. The fraction of sp³-hybridized carbons (Fsp3) is 0.333. The van der Waals surface area contributed by atoms with E-state index in [1.165, 1.54) is 23.1 Å². The van der Waals surface area contributed by atoms with Gasteiger partial charge in [0.25, 0.3) is 0 Å². The number of amides is 1. The minimum Gasteiger partial charge on any atom is -0.462 e. The third-order valence-corrected chi connectivity index (χ3v) is 7.04. The van der Waals surface area contributed by atoms with Crippen molar-refractivity contribution in [3.05, 3.63) is 45.2 Å². The lowest BCUT2D eigenvalue weighted by atomic mass is 10.2. The second-order valence-corrected chi connectivity index (χ2v) is 9.42. The highest BCUT2D eigenvalue weighted by Gasteiger charge is 2.20. The summed E-state index contributed by atoms with van der Waals surface area (Å²) >= 11 is 6.14. The first-order chi connectivity index (χ1) is 15.0. The maximum absolute atomic E-state index is 12.6. The Kier molecular flexibility index (Phi) is 8.28. The average molecular weight is 523 g/mol. The number of halogens is 1. The molecule has 0 aliphatic carbocycles. The van der Waals surface area contributed by atoms with Gasteiger partial charge in [-0.25, -0.2) is 4.79 Å². The largest absolute Gasteiger partial charge is 0.462 e. The second-order valence-electron chi connectivity index (χ2n) is 6.42. The van der Waals surface area contributed by atoms with E-state index in [2.05, 4.69) is 31.4 Å². The number of carbonyl (C=O) groups excluding carboxylic acids is 2. The number of nitrogens with one attached hydrogen (secondary N) is 1. The minimum absolute atomic E-state index is 0.153. The van der Waals surface area contributed by atoms with Crippen LogP contribution in [0.15, 0.2) is 40.0 Å². The fourth-order valence-corrected chi connectivity index (χ4v) is 4.92. The number of ether oxygens (including phenoxy) is 1. The molecule has 0 aliphatic rings. The minimum atomic E-state index is -0.425. The Morgan fingerprint density at radius 2 is 1.94 bits per heavy atom. The van der Waals surface area contributed by atoms with E-state index < -0.39 is 5.97 Å². The summed E-state index contributed by atoms with van der Waals surface area (Å²) in [5, 5.41) is 12.6. The maximum Gasteiger partial charge on any atom is 0.341 e. The Bertz CT molecular complexity index is 1060. The molecular weight excluding hydrogens is 500 g/mol. The normalized spacial score (nSPS) is 10.8. The molecule has 1 aromatic carbocycles. The zero-order valence-corrected chi connectivity index (χ0v) is 20.7. The van der Waals surface area contributed by atoms with Gasteiger partial charge in [0, 0.05) is 21.5 Å². The van der Waals surface area contributed by atoms with E-state index in [1.54, 1.807) is 13.0 Å². The first-order valence-corrected chi connectivity index (χ1v) is 12.5. The Labute approximate surface area is 197 Å². The summed E-state index contributed by atoms with van der Waals surface area (Å²) in [6.07, 6.45) is 0.778. The summed E-state index contributed by atoms with van der Waals surface area (Å²) in [4.78, 5) is 25.8. The topological polar surface area (TPSA) is 86.1 Å². The van der Waals surface area contributed by atoms with Gasteiger partial charge >= 0.3 is 5.97 Å². The lowest BCUT2D eigenvalue weighted by Crippen LogP contribution is -2.16. The average Bonchev–Trinajstić information content (AvgIpc) is 3.36. The molecule has 1 amide bonds. The van der Waals surface area contributed by atoms with Crippen molar-refractivity contribution in [2.45, 2.75) is 38.9 Å². The number of carbonyl (C=O) groups is 2. The van der Waals surface area contributed by atoms with Crippen molar-refractivity contribution in [3.8, 4) is 11.4 Å². The van der Waals surface area contributed by atoms with E-state index >= 15 is 0 Å². The number of thioether (sulfide) groups is 1. The molecule has 3 rings (SSSR count). The fourth-order valence-electron chi connectivity index (χ4n) is 2.86. The molecule has 0 unspecified atom stereocenters. The van der Waals surface area contributed by atoms with Crippen molar-refractivity contribution in [1.82, 2.24) is 14.8 Å². The molecular formula is C21H23BrN4O3S2. The van der Waals surface area contributed by atoms with Crippen molar-refractivity contribution in [3.63, 3.8) is 0 Å². The van der Waals surface area contributed by atoms with Gasteiger partial charge in [-0.1, -0.05) is 46.7 Å². The molecule has 2 aromatic heterocycles. The molecule has 0 radical (unpaired) electrons. The number of thiophene rings is 1. The highest BCUT2D eigenvalue weighted by atomic mass is 79.9. The lowest BCUT2D eigenvalue weighted by Gasteiger charge is -2.08. The van der Waals surface area contributed by atoms with E-state index in [9.17, 15) is 9.59 Å². The van der Waals surface area contributed by atoms with Gasteiger partial charge in [0.05, 0.1) is 17.9 Å². The molecule has 0 saturated carbocycles. The molecule has 10 heteroatoms. The second kappa shape index (κ2) is 10.9. The number of aromatic nitrogens is 3. The van der Waals surface area contributed by atoms with Crippen molar-refractivity contribution in [1.29, 1.82) is 0 Å². The van der Waals surface area contributed by atoms with Crippen LogP contribution in [0.25, 0.3) is 11.4 Å². The number of aryl methyl sites for hydroxylation is 1. The van der Waals surface area contributed by atoms with Crippen LogP contribution in [0.2, 0.25) is 0 Å². The van der Waals surface area contributed by atoms with Gasteiger partial charge in [-0.05, 0) is 38.5 Å². The third kappa shape index (κ3) is 5.75. The molecule has 0 fully saturated rings. The smallest absolute Gasteiger partial charge is 0.341 e. The summed E-state index contributed by atoms with van der Waals surface area (Å²) in [6, 6.07) is 9.64. The summed E-state index contributed by atoms with van der Waals surface area (Å²) in [6.45, 7) is 6.74. The zero-order chi connectivity index (χ0) is 22.4. The molecule has 0 spiro atoms. The predicted molar refractivity (Wildman–Crippen MR) is 128 cm³/mol. The summed E-state index contributed by atoms with van der Waals surface area (Å²) in [5.41, 5.74) is 1.36. The van der Waals surface area contributed by atoms with Gasteiger partial charge < -0.3 is 14.6 Å². The number of hydrogen-bond donors (Lipinski definition) is 1. The molecule has 0 saturated heterocycles. The number of hydrogen-bond acceptors (Lipinski definition) is 7. The molecule has 2 heterocycles. The molecule has 164 valence electrons. The number of nitrogens with zero attached hydrogens (tertiary/aromatic N) is 3. The van der Waals surface area contributed by atoms with E-state index in [-0.39, 0.29) is 18.3 Å². The monoisotopic (exact) mass is 522 g/mol. The molecule has 0 bridgehead atoms. The Morgan fingerprint density at radius 1 is 1.19 bits per heavy atom. The number of anilines is 1. The van der Waals surface area contributed by atoms with Crippen LogP contribution in [0.3, 0.4) is 0 Å². The number of benzene rings is 1.